The number of Topliss-reactive ketones (excluding diaryl/α,β-unsaturated/α-hetero) is 1. The van der Waals surface area contributed by atoms with E-state index in [-0.39, 0.29) is 10.7 Å². The van der Waals surface area contributed by atoms with Crippen molar-refractivity contribution in [3.63, 3.8) is 0 Å². The first-order valence-electron chi connectivity index (χ1n) is 6.52. The van der Waals surface area contributed by atoms with Crippen LogP contribution in [0, 0.1) is 5.92 Å². The number of carbonyl (C=O) groups excluding carboxylic acids is 1. The maximum Gasteiger partial charge on any atom is 0.243 e. The molecule has 104 valence electrons. The third kappa shape index (κ3) is 3.04. The Morgan fingerprint density at radius 1 is 1.26 bits per heavy atom. The number of benzene rings is 1. The molecule has 0 aromatic heterocycles. The number of sulfonamides is 1. The average Bonchev–Trinajstić information content (AvgIpc) is 2.39. The summed E-state index contributed by atoms with van der Waals surface area (Å²) in [6.07, 6.45) is 1.99. The molecule has 0 N–H and O–H groups in total. The van der Waals surface area contributed by atoms with Gasteiger partial charge < -0.3 is 0 Å². The highest BCUT2D eigenvalue weighted by Crippen LogP contribution is 2.23. The monoisotopic (exact) mass is 281 g/mol. The number of piperidine rings is 1. The van der Waals surface area contributed by atoms with Gasteiger partial charge >= 0.3 is 0 Å². The summed E-state index contributed by atoms with van der Waals surface area (Å²) < 4.78 is 26.5. The standard InChI is InChI=1S/C14H19NO3S/c1-11-4-3-9-15(10-11)19(17,18)14-7-5-13(6-8-14)12(2)16/h5-8,11H,3-4,9-10H2,1-2H3/t11-/m1/s1. The summed E-state index contributed by atoms with van der Waals surface area (Å²) in [6, 6.07) is 6.18. The van der Waals surface area contributed by atoms with Crippen molar-refractivity contribution in [2.45, 2.75) is 31.6 Å². The molecule has 0 spiro atoms. The molecule has 1 heterocycles. The molecule has 1 aliphatic heterocycles. The van der Waals surface area contributed by atoms with Gasteiger partial charge in [-0.05, 0) is 37.8 Å². The summed E-state index contributed by atoms with van der Waals surface area (Å²) in [7, 11) is -3.42. The van der Waals surface area contributed by atoms with E-state index in [2.05, 4.69) is 6.92 Å². The van der Waals surface area contributed by atoms with Gasteiger partial charge in [-0.2, -0.15) is 4.31 Å². The van der Waals surface area contributed by atoms with E-state index >= 15 is 0 Å². The lowest BCUT2D eigenvalue weighted by Gasteiger charge is -2.30. The highest BCUT2D eigenvalue weighted by atomic mass is 32.2. The van der Waals surface area contributed by atoms with Crippen LogP contribution in [0.5, 0.6) is 0 Å². The van der Waals surface area contributed by atoms with Crippen LogP contribution in [0.25, 0.3) is 0 Å². The number of hydrogen-bond donors (Lipinski definition) is 0. The lowest BCUT2D eigenvalue weighted by molar-refractivity contribution is 0.101. The number of nitrogens with zero attached hydrogens (tertiary/aromatic N) is 1. The minimum atomic E-state index is -3.42. The predicted octanol–water partition coefficient (Wildman–Crippen LogP) is 2.31. The zero-order valence-corrected chi connectivity index (χ0v) is 12.1. The second-order valence-electron chi connectivity index (χ2n) is 5.19. The minimum absolute atomic E-state index is 0.0597. The van der Waals surface area contributed by atoms with Gasteiger partial charge in [-0.25, -0.2) is 8.42 Å². The minimum Gasteiger partial charge on any atom is -0.295 e. The molecule has 0 unspecified atom stereocenters. The number of hydrogen-bond acceptors (Lipinski definition) is 3. The van der Waals surface area contributed by atoms with Crippen molar-refractivity contribution in [2.24, 2.45) is 5.92 Å². The summed E-state index contributed by atoms with van der Waals surface area (Å²) in [5.41, 5.74) is 0.533. The Bertz CT molecular complexity index is 563. The largest absolute Gasteiger partial charge is 0.295 e. The van der Waals surface area contributed by atoms with Gasteiger partial charge in [0.15, 0.2) is 5.78 Å². The quantitative estimate of drug-likeness (QED) is 0.799. The fourth-order valence-electron chi connectivity index (χ4n) is 2.38. The molecule has 1 atom stereocenters. The Kier molecular flexibility index (Phi) is 4.06. The maximum absolute atomic E-state index is 12.5. The molecule has 1 saturated heterocycles. The van der Waals surface area contributed by atoms with E-state index in [1.807, 2.05) is 0 Å². The van der Waals surface area contributed by atoms with Crippen LogP contribution < -0.4 is 0 Å². The highest BCUT2D eigenvalue weighted by molar-refractivity contribution is 7.89. The summed E-state index contributed by atoms with van der Waals surface area (Å²) in [5.74, 6) is 0.343. The van der Waals surface area contributed by atoms with E-state index in [1.54, 1.807) is 16.4 Å². The van der Waals surface area contributed by atoms with Crippen LogP contribution >= 0.6 is 0 Å². The molecule has 0 bridgehead atoms. The van der Waals surface area contributed by atoms with Crippen molar-refractivity contribution in [2.75, 3.05) is 13.1 Å². The lowest BCUT2D eigenvalue weighted by Crippen LogP contribution is -2.39. The molecule has 0 radical (unpaired) electrons. The highest BCUT2D eigenvalue weighted by Gasteiger charge is 2.28. The molecule has 1 fully saturated rings. The third-order valence-electron chi connectivity index (χ3n) is 3.52. The third-order valence-corrected chi connectivity index (χ3v) is 5.40. The predicted molar refractivity (Wildman–Crippen MR) is 73.6 cm³/mol. The molecule has 4 nitrogen and oxygen atoms in total. The van der Waals surface area contributed by atoms with Crippen LogP contribution in [-0.2, 0) is 10.0 Å². The molecule has 1 aromatic rings. The van der Waals surface area contributed by atoms with Crippen molar-refractivity contribution >= 4 is 15.8 Å². The summed E-state index contributed by atoms with van der Waals surface area (Å²) in [4.78, 5) is 11.5. The molecular formula is C14H19NO3S. The molecule has 2 rings (SSSR count). The van der Waals surface area contributed by atoms with Crippen molar-refractivity contribution in [3.8, 4) is 0 Å². The van der Waals surface area contributed by atoms with Crippen LogP contribution in [0.3, 0.4) is 0 Å². The Labute approximate surface area is 114 Å². The maximum atomic E-state index is 12.5. The van der Waals surface area contributed by atoms with Gasteiger partial charge in [-0.15, -0.1) is 0 Å². The molecular weight excluding hydrogens is 262 g/mol. The Hall–Kier alpha value is -1.20. The van der Waals surface area contributed by atoms with Crippen molar-refractivity contribution in [1.29, 1.82) is 0 Å². The molecule has 1 aliphatic rings. The SMILES string of the molecule is CC(=O)c1ccc(S(=O)(=O)N2CCC[C@@H](C)C2)cc1. The number of rotatable bonds is 3. The van der Waals surface area contributed by atoms with Gasteiger partial charge in [0.2, 0.25) is 10.0 Å². The zero-order valence-electron chi connectivity index (χ0n) is 11.3. The van der Waals surface area contributed by atoms with E-state index in [0.717, 1.165) is 12.8 Å². The van der Waals surface area contributed by atoms with E-state index in [9.17, 15) is 13.2 Å². The molecule has 0 saturated carbocycles. The second-order valence-corrected chi connectivity index (χ2v) is 7.13. The lowest BCUT2D eigenvalue weighted by atomic mass is 10.0. The summed E-state index contributed by atoms with van der Waals surface area (Å²) in [5, 5.41) is 0. The summed E-state index contributed by atoms with van der Waals surface area (Å²) >= 11 is 0. The van der Waals surface area contributed by atoms with Crippen LogP contribution in [0.1, 0.15) is 37.0 Å². The summed E-state index contributed by atoms with van der Waals surface area (Å²) in [6.45, 7) is 4.70. The van der Waals surface area contributed by atoms with E-state index in [1.165, 1.54) is 19.1 Å². The fraction of sp³-hybridized carbons (Fsp3) is 0.500. The smallest absolute Gasteiger partial charge is 0.243 e. The van der Waals surface area contributed by atoms with E-state index < -0.39 is 10.0 Å². The molecule has 5 heteroatoms. The fourth-order valence-corrected chi connectivity index (χ4v) is 3.97. The molecule has 0 amide bonds. The zero-order chi connectivity index (χ0) is 14.0. The van der Waals surface area contributed by atoms with E-state index in [4.69, 9.17) is 0 Å². The van der Waals surface area contributed by atoms with Crippen LogP contribution in [-0.4, -0.2) is 31.6 Å². The van der Waals surface area contributed by atoms with Crippen LogP contribution in [0.15, 0.2) is 29.2 Å². The van der Waals surface area contributed by atoms with Gasteiger partial charge in [-0.3, -0.25) is 4.79 Å². The Morgan fingerprint density at radius 3 is 2.42 bits per heavy atom. The van der Waals surface area contributed by atoms with Gasteiger partial charge in [0.1, 0.15) is 0 Å². The first kappa shape index (κ1) is 14.2. The Balaban J connectivity index is 2.26. The van der Waals surface area contributed by atoms with Gasteiger partial charge in [0.05, 0.1) is 4.90 Å². The first-order chi connectivity index (χ1) is 8.91. The number of ketones is 1. The topological polar surface area (TPSA) is 54.5 Å². The van der Waals surface area contributed by atoms with Gasteiger partial charge in [0.25, 0.3) is 0 Å². The van der Waals surface area contributed by atoms with Gasteiger partial charge in [-0.1, -0.05) is 19.1 Å². The number of carbonyl (C=O) groups is 1. The van der Waals surface area contributed by atoms with Crippen LogP contribution in [0.2, 0.25) is 0 Å². The molecule has 1 aromatic carbocycles. The van der Waals surface area contributed by atoms with E-state index in [0.29, 0.717) is 24.6 Å². The second kappa shape index (κ2) is 5.43. The van der Waals surface area contributed by atoms with Gasteiger partial charge in [0, 0.05) is 18.7 Å². The molecule has 19 heavy (non-hydrogen) atoms. The Morgan fingerprint density at radius 2 is 1.89 bits per heavy atom. The van der Waals surface area contributed by atoms with Crippen molar-refractivity contribution in [1.82, 2.24) is 4.31 Å². The first-order valence-corrected chi connectivity index (χ1v) is 7.96. The van der Waals surface area contributed by atoms with Crippen molar-refractivity contribution < 1.29 is 13.2 Å². The van der Waals surface area contributed by atoms with Crippen LogP contribution in [0.4, 0.5) is 0 Å². The average molecular weight is 281 g/mol. The van der Waals surface area contributed by atoms with Crippen molar-refractivity contribution in [3.05, 3.63) is 29.8 Å². The molecule has 0 aliphatic carbocycles. The normalized spacial score (nSPS) is 21.3.